The van der Waals surface area contributed by atoms with Gasteiger partial charge in [0, 0.05) is 23.7 Å². The molecular formula is C27H33ClFN5O2. The van der Waals surface area contributed by atoms with Gasteiger partial charge in [0.1, 0.15) is 18.2 Å². The summed E-state index contributed by atoms with van der Waals surface area (Å²) in [7, 11) is 0. The highest BCUT2D eigenvalue weighted by atomic mass is 35.5. The predicted molar refractivity (Wildman–Crippen MR) is 142 cm³/mol. The number of carbonyl (C=O) groups is 2. The van der Waals surface area contributed by atoms with Crippen molar-refractivity contribution < 1.29 is 14.0 Å². The Morgan fingerprint density at radius 2 is 1.81 bits per heavy atom. The number of aromatic nitrogens is 2. The molecule has 3 amide bonds. The number of nitrogens with one attached hydrogen (secondary N) is 2. The molecule has 0 radical (unpaired) electrons. The third-order valence-corrected chi connectivity index (χ3v) is 5.76. The van der Waals surface area contributed by atoms with E-state index >= 15 is 0 Å². The van der Waals surface area contributed by atoms with Crippen molar-refractivity contribution in [3.05, 3.63) is 70.6 Å². The fraction of sp³-hybridized carbons (Fsp3) is 0.370. The maximum atomic E-state index is 13.5. The smallest absolute Gasteiger partial charge is 0.315 e. The Bertz CT molecular complexity index is 1250. The topological polar surface area (TPSA) is 79.3 Å². The van der Waals surface area contributed by atoms with Crippen LogP contribution < -0.4 is 10.6 Å². The molecule has 0 bridgehead atoms. The molecule has 7 nitrogen and oxygen atoms in total. The first-order valence-corrected chi connectivity index (χ1v) is 12.2. The fourth-order valence-electron chi connectivity index (χ4n) is 3.61. The Balaban J connectivity index is 1.83. The zero-order valence-electron chi connectivity index (χ0n) is 21.5. The summed E-state index contributed by atoms with van der Waals surface area (Å²) >= 11 is 5.83. The molecule has 3 aromatic rings. The summed E-state index contributed by atoms with van der Waals surface area (Å²) < 4.78 is 15.2. The van der Waals surface area contributed by atoms with Gasteiger partial charge in [0.2, 0.25) is 5.91 Å². The maximum absolute atomic E-state index is 13.5. The van der Waals surface area contributed by atoms with Gasteiger partial charge in [0.25, 0.3) is 0 Å². The first kappa shape index (κ1) is 27.2. The van der Waals surface area contributed by atoms with Crippen LogP contribution in [0.3, 0.4) is 0 Å². The molecule has 1 heterocycles. The molecule has 36 heavy (non-hydrogen) atoms. The van der Waals surface area contributed by atoms with Crippen LogP contribution in [-0.4, -0.2) is 39.7 Å². The standard InChI is InChI=1S/C27H33ClFN5O2/c1-17(2)15-33(26(36)30-19-11-12-21(29)20(28)13-19)16-25(35)31-24-14-23(27(4,5)6)32-34(24)22-10-8-7-9-18(22)3/h7-14,17H,15-16H2,1-6H3,(H,30,36)(H,31,35). The number of nitrogens with zero attached hydrogens (tertiary/aromatic N) is 3. The molecule has 0 saturated carbocycles. The minimum absolute atomic E-state index is 0.0972. The van der Waals surface area contributed by atoms with Gasteiger partial charge in [0.15, 0.2) is 0 Å². The molecule has 0 fully saturated rings. The van der Waals surface area contributed by atoms with Gasteiger partial charge in [-0.05, 0) is 42.7 Å². The normalized spacial score (nSPS) is 11.5. The minimum atomic E-state index is -0.576. The second kappa shape index (κ2) is 11.1. The van der Waals surface area contributed by atoms with Crippen molar-refractivity contribution in [1.82, 2.24) is 14.7 Å². The number of anilines is 2. The number of halogens is 2. The fourth-order valence-corrected chi connectivity index (χ4v) is 3.79. The van der Waals surface area contributed by atoms with Crippen molar-refractivity contribution in [2.24, 2.45) is 5.92 Å². The molecule has 1 aromatic heterocycles. The molecule has 2 N–H and O–H groups in total. The van der Waals surface area contributed by atoms with Gasteiger partial charge < -0.3 is 15.5 Å². The van der Waals surface area contributed by atoms with E-state index in [1.807, 2.05) is 51.1 Å². The number of amides is 3. The van der Waals surface area contributed by atoms with E-state index < -0.39 is 11.8 Å². The van der Waals surface area contributed by atoms with Crippen LogP contribution in [0.15, 0.2) is 48.5 Å². The second-order valence-electron chi connectivity index (χ2n) is 10.2. The van der Waals surface area contributed by atoms with Crippen LogP contribution in [0.25, 0.3) is 5.69 Å². The SMILES string of the molecule is Cc1ccccc1-n1nc(C(C)(C)C)cc1NC(=O)CN(CC(C)C)C(=O)Nc1ccc(F)c(Cl)c1. The average molecular weight is 514 g/mol. The number of rotatable bonds is 7. The first-order valence-electron chi connectivity index (χ1n) is 11.8. The van der Waals surface area contributed by atoms with E-state index in [2.05, 4.69) is 31.4 Å². The average Bonchev–Trinajstić information content (AvgIpc) is 3.19. The van der Waals surface area contributed by atoms with E-state index in [-0.39, 0.29) is 28.8 Å². The molecule has 3 rings (SSSR count). The number of urea groups is 1. The lowest BCUT2D eigenvalue weighted by Crippen LogP contribution is -2.42. The summed E-state index contributed by atoms with van der Waals surface area (Å²) in [6.45, 7) is 12.2. The maximum Gasteiger partial charge on any atom is 0.322 e. The Morgan fingerprint density at radius 1 is 1.11 bits per heavy atom. The number of benzene rings is 2. The first-order chi connectivity index (χ1) is 16.8. The van der Waals surface area contributed by atoms with Crippen LogP contribution in [-0.2, 0) is 10.2 Å². The highest BCUT2D eigenvalue weighted by Gasteiger charge is 2.24. The van der Waals surface area contributed by atoms with Crippen LogP contribution >= 0.6 is 11.6 Å². The molecule has 0 spiro atoms. The molecule has 0 aliphatic carbocycles. The molecular weight excluding hydrogens is 481 g/mol. The van der Waals surface area contributed by atoms with Gasteiger partial charge in [0.05, 0.1) is 16.4 Å². The van der Waals surface area contributed by atoms with Crippen molar-refractivity contribution in [3.8, 4) is 5.69 Å². The lowest BCUT2D eigenvalue weighted by atomic mass is 9.92. The van der Waals surface area contributed by atoms with Gasteiger partial charge in [-0.1, -0.05) is 64.4 Å². The summed E-state index contributed by atoms with van der Waals surface area (Å²) in [6, 6.07) is 13.1. The molecule has 0 atom stereocenters. The lowest BCUT2D eigenvalue weighted by molar-refractivity contribution is -0.116. The number of aryl methyl sites for hydroxylation is 1. The Morgan fingerprint density at radius 3 is 2.42 bits per heavy atom. The van der Waals surface area contributed by atoms with Gasteiger partial charge in [-0.2, -0.15) is 5.10 Å². The van der Waals surface area contributed by atoms with Gasteiger partial charge in [-0.15, -0.1) is 0 Å². The second-order valence-corrected chi connectivity index (χ2v) is 10.7. The summed E-state index contributed by atoms with van der Waals surface area (Å²) in [5.74, 6) is -0.300. The minimum Gasteiger partial charge on any atom is -0.315 e. The summed E-state index contributed by atoms with van der Waals surface area (Å²) in [5, 5.41) is 10.3. The Labute approximate surface area is 216 Å². The van der Waals surface area contributed by atoms with E-state index in [9.17, 15) is 14.0 Å². The summed E-state index contributed by atoms with van der Waals surface area (Å²) in [6.07, 6.45) is 0. The highest BCUT2D eigenvalue weighted by molar-refractivity contribution is 6.31. The van der Waals surface area contributed by atoms with Crippen LogP contribution in [0.1, 0.15) is 45.9 Å². The largest absolute Gasteiger partial charge is 0.322 e. The van der Waals surface area contributed by atoms with E-state index in [0.717, 1.165) is 16.9 Å². The number of hydrogen-bond acceptors (Lipinski definition) is 3. The Hall–Kier alpha value is -3.39. The van der Waals surface area contributed by atoms with E-state index in [0.29, 0.717) is 18.1 Å². The van der Waals surface area contributed by atoms with Gasteiger partial charge >= 0.3 is 6.03 Å². The number of carbonyl (C=O) groups excluding carboxylic acids is 2. The molecule has 192 valence electrons. The van der Waals surface area contributed by atoms with Crippen LogP contribution in [0.4, 0.5) is 20.7 Å². The third-order valence-electron chi connectivity index (χ3n) is 5.47. The number of hydrogen-bond donors (Lipinski definition) is 2. The van der Waals surface area contributed by atoms with Crippen molar-refractivity contribution in [2.75, 3.05) is 23.7 Å². The van der Waals surface area contributed by atoms with Gasteiger partial charge in [-0.3, -0.25) is 4.79 Å². The summed E-state index contributed by atoms with van der Waals surface area (Å²) in [4.78, 5) is 27.5. The molecule has 0 unspecified atom stereocenters. The van der Waals surface area contributed by atoms with Gasteiger partial charge in [-0.25, -0.2) is 13.9 Å². The molecule has 2 aromatic carbocycles. The van der Waals surface area contributed by atoms with Crippen LogP contribution in [0.5, 0.6) is 0 Å². The zero-order chi connectivity index (χ0) is 26.6. The van der Waals surface area contributed by atoms with Crippen LogP contribution in [0.2, 0.25) is 5.02 Å². The molecule has 0 aliphatic rings. The van der Waals surface area contributed by atoms with Crippen LogP contribution in [0, 0.1) is 18.7 Å². The van der Waals surface area contributed by atoms with Crippen molar-refractivity contribution in [2.45, 2.75) is 47.0 Å². The monoisotopic (exact) mass is 513 g/mol. The number of para-hydroxylation sites is 1. The summed E-state index contributed by atoms with van der Waals surface area (Å²) in [5.41, 5.74) is 2.80. The van der Waals surface area contributed by atoms with E-state index in [1.165, 1.54) is 23.1 Å². The highest BCUT2D eigenvalue weighted by Crippen LogP contribution is 2.27. The van der Waals surface area contributed by atoms with Crippen molar-refractivity contribution in [1.29, 1.82) is 0 Å². The third kappa shape index (κ3) is 6.85. The molecule has 0 saturated heterocycles. The van der Waals surface area contributed by atoms with E-state index in [4.69, 9.17) is 16.7 Å². The molecule has 0 aliphatic heterocycles. The molecule has 9 heteroatoms. The predicted octanol–water partition coefficient (Wildman–Crippen LogP) is 6.40. The quantitative estimate of drug-likeness (QED) is 0.383. The lowest BCUT2D eigenvalue weighted by Gasteiger charge is -2.24. The zero-order valence-corrected chi connectivity index (χ0v) is 22.3. The van der Waals surface area contributed by atoms with Crippen molar-refractivity contribution >= 4 is 35.0 Å². The van der Waals surface area contributed by atoms with E-state index in [1.54, 1.807) is 4.68 Å². The Kier molecular flexibility index (Phi) is 8.40. The van der Waals surface area contributed by atoms with Crippen molar-refractivity contribution in [3.63, 3.8) is 0 Å².